The van der Waals surface area contributed by atoms with E-state index in [9.17, 15) is 0 Å². The Morgan fingerprint density at radius 3 is 2.18 bits per heavy atom. The first-order valence-electron chi connectivity index (χ1n) is 3.72. The van der Waals surface area contributed by atoms with Crippen molar-refractivity contribution in [2.45, 2.75) is 26.7 Å². The molecule has 0 bridgehead atoms. The summed E-state index contributed by atoms with van der Waals surface area (Å²) in [5.41, 5.74) is 1.11. The summed E-state index contributed by atoms with van der Waals surface area (Å²) in [5.74, 6) is 1.41. The van der Waals surface area contributed by atoms with Crippen LogP contribution in [0, 0.1) is 6.92 Å². The summed E-state index contributed by atoms with van der Waals surface area (Å²) < 4.78 is 2.03. The van der Waals surface area contributed by atoms with Gasteiger partial charge in [-0.25, -0.2) is 4.98 Å². The van der Waals surface area contributed by atoms with E-state index in [1.165, 1.54) is 0 Å². The number of nitrogens with zero attached hydrogens (tertiary/aromatic N) is 2. The van der Waals surface area contributed by atoms with E-state index >= 15 is 0 Å². The predicted molar refractivity (Wildman–Crippen MR) is 47.0 cm³/mol. The highest BCUT2D eigenvalue weighted by Gasteiger charge is 2.12. The molecule has 0 saturated heterocycles. The fraction of sp³-hybridized carbons (Fsp3) is 0.625. The molecule has 0 atom stereocenters. The number of rotatable bonds is 1. The fourth-order valence-electron chi connectivity index (χ4n) is 1.21. The third-order valence-corrected chi connectivity index (χ3v) is 2.14. The lowest BCUT2D eigenvalue weighted by Gasteiger charge is -2.06. The van der Waals surface area contributed by atoms with Gasteiger partial charge in [-0.3, -0.25) is 0 Å². The van der Waals surface area contributed by atoms with Crippen LogP contribution in [0.15, 0.2) is 0 Å². The van der Waals surface area contributed by atoms with Crippen LogP contribution in [0.25, 0.3) is 0 Å². The van der Waals surface area contributed by atoms with Crippen LogP contribution < -0.4 is 0 Å². The van der Waals surface area contributed by atoms with Crippen LogP contribution in [-0.4, -0.2) is 9.55 Å². The minimum absolute atomic E-state index is 0.439. The maximum absolute atomic E-state index is 5.91. The molecule has 0 saturated carbocycles. The smallest absolute Gasteiger partial charge is 0.150 e. The van der Waals surface area contributed by atoms with E-state index in [0.717, 1.165) is 11.5 Å². The molecule has 0 aliphatic carbocycles. The van der Waals surface area contributed by atoms with Crippen LogP contribution in [0.5, 0.6) is 0 Å². The van der Waals surface area contributed by atoms with Gasteiger partial charge in [0, 0.05) is 7.05 Å². The molecule has 1 aromatic rings. The van der Waals surface area contributed by atoms with Gasteiger partial charge in [-0.1, -0.05) is 25.4 Å². The summed E-state index contributed by atoms with van der Waals surface area (Å²) in [7, 11) is 1.99. The van der Waals surface area contributed by atoms with Crippen molar-refractivity contribution < 1.29 is 0 Å². The number of halogens is 1. The van der Waals surface area contributed by atoms with E-state index in [0.29, 0.717) is 11.1 Å². The minimum Gasteiger partial charge on any atom is -0.334 e. The molecule has 3 heteroatoms. The van der Waals surface area contributed by atoms with E-state index in [4.69, 9.17) is 11.6 Å². The van der Waals surface area contributed by atoms with E-state index in [1.807, 2.05) is 18.5 Å². The highest BCUT2D eigenvalue weighted by atomic mass is 35.5. The van der Waals surface area contributed by atoms with E-state index in [-0.39, 0.29) is 0 Å². The summed E-state index contributed by atoms with van der Waals surface area (Å²) >= 11 is 5.91. The number of aryl methyl sites for hydroxylation is 1. The molecule has 0 spiro atoms. The Hall–Kier alpha value is -0.500. The maximum atomic E-state index is 5.91. The van der Waals surface area contributed by atoms with Gasteiger partial charge in [0.2, 0.25) is 0 Å². The van der Waals surface area contributed by atoms with Crippen molar-refractivity contribution in [3.63, 3.8) is 0 Å². The van der Waals surface area contributed by atoms with Gasteiger partial charge in [0.15, 0.2) is 5.15 Å². The number of hydrogen-bond acceptors (Lipinski definition) is 1. The zero-order valence-corrected chi connectivity index (χ0v) is 8.11. The van der Waals surface area contributed by atoms with Gasteiger partial charge < -0.3 is 4.57 Å². The van der Waals surface area contributed by atoms with Crippen LogP contribution in [0.4, 0.5) is 0 Å². The second kappa shape index (κ2) is 2.86. The third-order valence-electron chi connectivity index (χ3n) is 1.86. The zero-order chi connectivity index (χ0) is 8.59. The lowest BCUT2D eigenvalue weighted by Crippen LogP contribution is -1.99. The van der Waals surface area contributed by atoms with Crippen molar-refractivity contribution in [1.82, 2.24) is 9.55 Å². The summed E-state index contributed by atoms with van der Waals surface area (Å²) in [6, 6.07) is 0. The summed E-state index contributed by atoms with van der Waals surface area (Å²) in [4.78, 5) is 4.16. The van der Waals surface area contributed by atoms with E-state index < -0.39 is 0 Å². The Morgan fingerprint density at radius 2 is 2.00 bits per heavy atom. The Labute approximate surface area is 72.2 Å². The van der Waals surface area contributed by atoms with Gasteiger partial charge in [-0.15, -0.1) is 0 Å². The second-order valence-electron chi connectivity index (χ2n) is 3.05. The Kier molecular flexibility index (Phi) is 2.23. The predicted octanol–water partition coefficient (Wildman–Crippen LogP) is 2.51. The molecule has 1 heterocycles. The van der Waals surface area contributed by atoms with E-state index in [2.05, 4.69) is 18.8 Å². The Balaban J connectivity index is 3.22. The second-order valence-corrected chi connectivity index (χ2v) is 3.41. The quantitative estimate of drug-likeness (QED) is 0.637. The summed E-state index contributed by atoms with van der Waals surface area (Å²) in [5, 5.41) is 0.639. The van der Waals surface area contributed by atoms with Gasteiger partial charge in [-0.2, -0.15) is 0 Å². The van der Waals surface area contributed by atoms with Gasteiger partial charge in [0.25, 0.3) is 0 Å². The van der Waals surface area contributed by atoms with Gasteiger partial charge >= 0.3 is 0 Å². The molecule has 1 aromatic heterocycles. The monoisotopic (exact) mass is 172 g/mol. The molecular weight excluding hydrogens is 160 g/mol. The van der Waals surface area contributed by atoms with Crippen molar-refractivity contribution >= 4 is 11.6 Å². The average Bonchev–Trinajstić information content (AvgIpc) is 2.07. The molecule has 2 nitrogen and oxygen atoms in total. The normalized spacial score (nSPS) is 11.1. The first kappa shape index (κ1) is 8.60. The van der Waals surface area contributed by atoms with Gasteiger partial charge in [-0.05, 0) is 12.8 Å². The molecule has 0 aliphatic rings. The first-order valence-corrected chi connectivity index (χ1v) is 4.10. The molecular formula is C8H13ClN2. The fourth-order valence-corrected chi connectivity index (χ4v) is 1.68. The van der Waals surface area contributed by atoms with Crippen molar-refractivity contribution in [2.75, 3.05) is 0 Å². The number of imidazole rings is 1. The van der Waals surface area contributed by atoms with Crippen molar-refractivity contribution in [2.24, 2.45) is 7.05 Å². The van der Waals surface area contributed by atoms with Crippen LogP contribution in [0.1, 0.15) is 31.3 Å². The highest BCUT2D eigenvalue weighted by Crippen LogP contribution is 2.23. The molecule has 11 heavy (non-hydrogen) atoms. The summed E-state index contributed by atoms with van der Waals surface area (Å²) in [6.07, 6.45) is 0. The van der Waals surface area contributed by atoms with Gasteiger partial charge in [0.05, 0.1) is 5.69 Å². The topological polar surface area (TPSA) is 17.8 Å². The molecule has 0 fully saturated rings. The molecule has 62 valence electrons. The molecule has 0 aliphatic heterocycles. The summed E-state index contributed by atoms with van der Waals surface area (Å²) in [6.45, 7) is 6.18. The zero-order valence-electron chi connectivity index (χ0n) is 7.35. The third kappa shape index (κ3) is 1.41. The Bertz CT molecular complexity index is 263. The number of aromatic nitrogens is 2. The lowest BCUT2D eigenvalue weighted by molar-refractivity contribution is 0.724. The largest absolute Gasteiger partial charge is 0.334 e. The lowest BCUT2D eigenvalue weighted by atomic mass is 10.1. The maximum Gasteiger partial charge on any atom is 0.150 e. The van der Waals surface area contributed by atoms with Crippen molar-refractivity contribution in [1.29, 1.82) is 0 Å². The first-order chi connectivity index (χ1) is 5.04. The van der Waals surface area contributed by atoms with Crippen LogP contribution >= 0.6 is 11.6 Å². The molecule has 1 rings (SSSR count). The molecule has 0 N–H and O–H groups in total. The molecule has 0 aromatic carbocycles. The Morgan fingerprint density at radius 1 is 1.45 bits per heavy atom. The van der Waals surface area contributed by atoms with Crippen molar-refractivity contribution in [3.05, 3.63) is 16.7 Å². The van der Waals surface area contributed by atoms with Crippen LogP contribution in [-0.2, 0) is 7.05 Å². The average molecular weight is 173 g/mol. The molecule has 0 radical (unpaired) electrons. The van der Waals surface area contributed by atoms with E-state index in [1.54, 1.807) is 0 Å². The van der Waals surface area contributed by atoms with Gasteiger partial charge in [0.1, 0.15) is 5.82 Å². The standard InChI is InChI=1S/C8H13ClN2/c1-5(2)7-8(9)10-6(3)11(7)4/h5H,1-4H3. The molecule has 0 unspecified atom stereocenters. The van der Waals surface area contributed by atoms with Crippen molar-refractivity contribution in [3.8, 4) is 0 Å². The SMILES string of the molecule is Cc1nc(Cl)c(C(C)C)n1C. The highest BCUT2D eigenvalue weighted by molar-refractivity contribution is 6.30. The molecule has 0 amide bonds. The minimum atomic E-state index is 0.439. The van der Waals surface area contributed by atoms with Crippen LogP contribution in [0.3, 0.4) is 0 Å². The number of hydrogen-bond donors (Lipinski definition) is 0. The van der Waals surface area contributed by atoms with Crippen LogP contribution in [0.2, 0.25) is 5.15 Å².